The van der Waals surface area contributed by atoms with E-state index in [1.807, 2.05) is 13.8 Å². The van der Waals surface area contributed by atoms with Crippen LogP contribution in [-0.2, 0) is 4.74 Å². The molecule has 0 fully saturated rings. The van der Waals surface area contributed by atoms with Crippen LogP contribution >= 0.6 is 0 Å². The number of carbonyl (C=O) groups excluding carboxylic acids is 1. The van der Waals surface area contributed by atoms with Gasteiger partial charge in [-0.3, -0.25) is 0 Å². The van der Waals surface area contributed by atoms with Gasteiger partial charge in [-0.1, -0.05) is 19.8 Å². The summed E-state index contributed by atoms with van der Waals surface area (Å²) in [6, 6.07) is 0. The van der Waals surface area contributed by atoms with Crippen LogP contribution in [0.1, 0.15) is 33.6 Å². The van der Waals surface area contributed by atoms with Crippen molar-refractivity contribution in [2.24, 2.45) is 0 Å². The van der Waals surface area contributed by atoms with E-state index in [1.54, 1.807) is 6.92 Å². The Labute approximate surface area is 79.8 Å². The van der Waals surface area contributed by atoms with Crippen molar-refractivity contribution in [2.75, 3.05) is 6.54 Å². The molecule has 0 radical (unpaired) electrons. The molecule has 3 heteroatoms. The number of hydrogen-bond donors (Lipinski definition) is 1. The van der Waals surface area contributed by atoms with Crippen LogP contribution in [0.4, 0.5) is 4.79 Å². The topological polar surface area (TPSA) is 38.3 Å². The molecule has 0 rings (SSSR count). The molecule has 1 amide bonds. The van der Waals surface area contributed by atoms with Crippen LogP contribution in [0, 0.1) is 12.3 Å². The van der Waals surface area contributed by atoms with E-state index in [-0.39, 0.29) is 0 Å². The number of terminal acetylenes is 1. The monoisotopic (exact) mass is 183 g/mol. The molecule has 0 aromatic heterocycles. The highest BCUT2D eigenvalue weighted by atomic mass is 16.6. The van der Waals surface area contributed by atoms with Gasteiger partial charge in [0.15, 0.2) is 5.60 Å². The van der Waals surface area contributed by atoms with Crippen molar-refractivity contribution in [1.29, 1.82) is 0 Å². The number of hydrogen-bond acceptors (Lipinski definition) is 2. The molecule has 0 saturated carbocycles. The molecule has 1 unspecified atom stereocenters. The Bertz CT molecular complexity index is 207. The van der Waals surface area contributed by atoms with Gasteiger partial charge in [-0.15, -0.1) is 6.42 Å². The maximum absolute atomic E-state index is 11.1. The Kier molecular flexibility index (Phi) is 4.98. The summed E-state index contributed by atoms with van der Waals surface area (Å²) in [4.78, 5) is 11.1. The second-order valence-corrected chi connectivity index (χ2v) is 3.05. The first-order valence-corrected chi connectivity index (χ1v) is 4.52. The fraction of sp³-hybridized carbons (Fsp3) is 0.700. The molecule has 0 aliphatic rings. The Hall–Kier alpha value is -1.17. The van der Waals surface area contributed by atoms with E-state index in [0.29, 0.717) is 13.0 Å². The Morgan fingerprint density at radius 3 is 2.62 bits per heavy atom. The Morgan fingerprint density at radius 1 is 1.62 bits per heavy atom. The summed E-state index contributed by atoms with van der Waals surface area (Å²) < 4.78 is 5.05. The number of alkyl carbamates (subject to hydrolysis) is 1. The molecule has 0 aliphatic heterocycles. The zero-order chi connectivity index (χ0) is 10.3. The van der Waals surface area contributed by atoms with Crippen LogP contribution < -0.4 is 5.32 Å². The highest BCUT2D eigenvalue weighted by Gasteiger charge is 2.23. The lowest BCUT2D eigenvalue weighted by Gasteiger charge is -2.22. The fourth-order valence-corrected chi connectivity index (χ4v) is 0.671. The van der Waals surface area contributed by atoms with Crippen molar-refractivity contribution in [1.82, 2.24) is 5.32 Å². The van der Waals surface area contributed by atoms with E-state index < -0.39 is 11.7 Å². The lowest BCUT2D eigenvalue weighted by molar-refractivity contribution is 0.0638. The van der Waals surface area contributed by atoms with Crippen molar-refractivity contribution in [3.05, 3.63) is 0 Å². The van der Waals surface area contributed by atoms with Gasteiger partial charge in [0.05, 0.1) is 0 Å². The van der Waals surface area contributed by atoms with Crippen LogP contribution in [0.25, 0.3) is 0 Å². The van der Waals surface area contributed by atoms with Gasteiger partial charge in [0.1, 0.15) is 0 Å². The van der Waals surface area contributed by atoms with Crippen LogP contribution in [0.5, 0.6) is 0 Å². The zero-order valence-electron chi connectivity index (χ0n) is 8.52. The molecule has 0 heterocycles. The van der Waals surface area contributed by atoms with Gasteiger partial charge in [-0.2, -0.15) is 0 Å². The predicted octanol–water partition coefficient (Wildman–Crippen LogP) is 1.92. The largest absolute Gasteiger partial charge is 0.430 e. The molecule has 0 saturated heterocycles. The smallest absolute Gasteiger partial charge is 0.408 e. The number of ether oxygens (including phenoxy) is 1. The zero-order valence-corrected chi connectivity index (χ0v) is 8.52. The number of amides is 1. The second kappa shape index (κ2) is 5.47. The third kappa shape index (κ3) is 4.41. The van der Waals surface area contributed by atoms with E-state index in [0.717, 1.165) is 6.42 Å². The van der Waals surface area contributed by atoms with Gasteiger partial charge in [-0.05, 0) is 19.8 Å². The van der Waals surface area contributed by atoms with Crippen molar-refractivity contribution in [2.45, 2.75) is 39.2 Å². The van der Waals surface area contributed by atoms with Crippen LogP contribution in [0.2, 0.25) is 0 Å². The lowest BCUT2D eigenvalue weighted by atomic mass is 10.1. The van der Waals surface area contributed by atoms with E-state index in [2.05, 4.69) is 11.2 Å². The van der Waals surface area contributed by atoms with Crippen molar-refractivity contribution < 1.29 is 9.53 Å². The molecule has 0 aromatic carbocycles. The highest BCUT2D eigenvalue weighted by molar-refractivity contribution is 5.68. The molecule has 13 heavy (non-hydrogen) atoms. The van der Waals surface area contributed by atoms with Crippen molar-refractivity contribution in [3.8, 4) is 12.3 Å². The summed E-state index contributed by atoms with van der Waals surface area (Å²) in [5.74, 6) is 2.45. The molecular weight excluding hydrogens is 166 g/mol. The fourth-order valence-electron chi connectivity index (χ4n) is 0.671. The summed E-state index contributed by atoms with van der Waals surface area (Å²) in [6.07, 6.45) is 6.30. The summed E-state index contributed by atoms with van der Waals surface area (Å²) in [6.45, 7) is 6.19. The molecule has 1 N–H and O–H groups in total. The first-order valence-electron chi connectivity index (χ1n) is 4.52. The SMILES string of the molecule is C#CC(C)(CC)OC(=O)NCCC. The van der Waals surface area contributed by atoms with Crippen LogP contribution in [0.15, 0.2) is 0 Å². The minimum absolute atomic E-state index is 0.441. The van der Waals surface area contributed by atoms with E-state index >= 15 is 0 Å². The van der Waals surface area contributed by atoms with Gasteiger partial charge in [0.25, 0.3) is 0 Å². The Morgan fingerprint density at radius 2 is 2.23 bits per heavy atom. The van der Waals surface area contributed by atoms with Gasteiger partial charge in [0.2, 0.25) is 0 Å². The predicted molar refractivity (Wildman–Crippen MR) is 52.3 cm³/mol. The van der Waals surface area contributed by atoms with Crippen LogP contribution in [0.3, 0.4) is 0 Å². The average molecular weight is 183 g/mol. The number of nitrogens with one attached hydrogen (secondary N) is 1. The first kappa shape index (κ1) is 11.8. The maximum atomic E-state index is 11.1. The summed E-state index contributed by atoms with van der Waals surface area (Å²) >= 11 is 0. The lowest BCUT2D eigenvalue weighted by Crippen LogP contribution is -2.35. The molecule has 1 atom stereocenters. The average Bonchev–Trinajstić information content (AvgIpc) is 2.14. The van der Waals surface area contributed by atoms with E-state index in [1.165, 1.54) is 0 Å². The van der Waals surface area contributed by atoms with Crippen molar-refractivity contribution in [3.63, 3.8) is 0 Å². The minimum Gasteiger partial charge on any atom is -0.430 e. The number of carbonyl (C=O) groups is 1. The van der Waals surface area contributed by atoms with Crippen LogP contribution in [-0.4, -0.2) is 18.2 Å². The van der Waals surface area contributed by atoms with Gasteiger partial charge in [-0.25, -0.2) is 4.79 Å². The molecule has 74 valence electrons. The van der Waals surface area contributed by atoms with Crippen molar-refractivity contribution >= 4 is 6.09 Å². The molecule has 0 spiro atoms. The summed E-state index contributed by atoms with van der Waals surface area (Å²) in [5.41, 5.74) is -0.780. The van der Waals surface area contributed by atoms with Gasteiger partial charge < -0.3 is 10.1 Å². The molecule has 0 aliphatic carbocycles. The second-order valence-electron chi connectivity index (χ2n) is 3.05. The van der Waals surface area contributed by atoms with Gasteiger partial charge in [0, 0.05) is 6.54 Å². The Balaban J connectivity index is 3.97. The molecule has 0 bridgehead atoms. The first-order chi connectivity index (χ1) is 6.08. The van der Waals surface area contributed by atoms with Gasteiger partial charge >= 0.3 is 6.09 Å². The summed E-state index contributed by atoms with van der Waals surface area (Å²) in [5, 5.41) is 2.60. The minimum atomic E-state index is -0.780. The molecular formula is C10H17NO2. The van der Waals surface area contributed by atoms with E-state index in [9.17, 15) is 4.79 Å². The highest BCUT2D eigenvalue weighted by Crippen LogP contribution is 2.13. The van der Waals surface area contributed by atoms with E-state index in [4.69, 9.17) is 11.2 Å². The molecule has 0 aromatic rings. The third-order valence-electron chi connectivity index (χ3n) is 1.82. The summed E-state index contributed by atoms with van der Waals surface area (Å²) in [7, 11) is 0. The normalized spacial score (nSPS) is 14.0. The third-order valence-corrected chi connectivity index (χ3v) is 1.82. The quantitative estimate of drug-likeness (QED) is 0.676. The molecule has 3 nitrogen and oxygen atoms in total. The maximum Gasteiger partial charge on any atom is 0.408 e. The standard InChI is InChI=1S/C10H17NO2/c1-5-8-11-9(12)13-10(4,6-2)7-3/h2H,5,7-8H2,1,3-4H3,(H,11,12). The number of rotatable bonds is 4.